The smallest absolute Gasteiger partial charge is 0.345 e. The van der Waals surface area contributed by atoms with E-state index in [1.54, 1.807) is 6.07 Å². The Labute approximate surface area is 129 Å². The molecule has 1 aromatic rings. The summed E-state index contributed by atoms with van der Waals surface area (Å²) < 4.78 is 24.3. The molecule has 0 aliphatic heterocycles. The Morgan fingerprint density at radius 2 is 2.14 bits per heavy atom. The Kier molecular flexibility index (Phi) is 6.79. The number of carboxylic acid groups (broad SMARTS) is 1. The third-order valence-corrected chi connectivity index (χ3v) is 5.59. The van der Waals surface area contributed by atoms with Gasteiger partial charge in [-0.25, -0.2) is 17.5 Å². The lowest BCUT2D eigenvalue weighted by Gasteiger charge is -2.17. The van der Waals surface area contributed by atoms with Crippen LogP contribution in [0.25, 0.3) is 0 Å². The van der Waals surface area contributed by atoms with E-state index in [4.69, 9.17) is 5.11 Å². The Morgan fingerprint density at radius 1 is 1.48 bits per heavy atom. The summed E-state index contributed by atoms with van der Waals surface area (Å²) in [5, 5.41) is 12.1. The van der Waals surface area contributed by atoms with Crippen LogP contribution in [-0.4, -0.2) is 49.7 Å². The lowest BCUT2D eigenvalue weighted by Crippen LogP contribution is -2.32. The number of carbonyl (C=O) groups is 1. The first-order chi connectivity index (χ1) is 9.75. The molecule has 1 rings (SSSR count). The largest absolute Gasteiger partial charge is 0.477 e. The summed E-state index contributed by atoms with van der Waals surface area (Å²) in [5.41, 5.74) is 0.980. The molecule has 0 atom stereocenters. The Morgan fingerprint density at radius 3 is 2.62 bits per heavy atom. The molecule has 120 valence electrons. The Balaban J connectivity index is 2.36. The van der Waals surface area contributed by atoms with Gasteiger partial charge in [-0.05, 0) is 31.5 Å². The quantitative estimate of drug-likeness (QED) is 0.669. The molecular weight excluding hydrogens is 312 g/mol. The van der Waals surface area contributed by atoms with Crippen LogP contribution in [0, 0.1) is 6.92 Å². The molecule has 0 unspecified atom stereocenters. The van der Waals surface area contributed by atoms with E-state index in [1.807, 2.05) is 13.8 Å². The number of aromatic carboxylic acids is 1. The van der Waals surface area contributed by atoms with Gasteiger partial charge >= 0.3 is 5.97 Å². The van der Waals surface area contributed by atoms with E-state index in [0.29, 0.717) is 31.1 Å². The number of hydrogen-bond acceptors (Lipinski definition) is 5. The molecule has 0 saturated carbocycles. The molecule has 0 amide bonds. The van der Waals surface area contributed by atoms with Crippen LogP contribution in [0.4, 0.5) is 0 Å². The number of hydrogen-bond donors (Lipinski definition) is 2. The van der Waals surface area contributed by atoms with Gasteiger partial charge in [-0.15, -0.1) is 11.3 Å². The Hall–Kier alpha value is -0.960. The van der Waals surface area contributed by atoms with Crippen LogP contribution in [0.15, 0.2) is 6.07 Å². The highest BCUT2D eigenvalue weighted by molar-refractivity contribution is 7.88. The van der Waals surface area contributed by atoms with E-state index in [0.717, 1.165) is 16.9 Å². The van der Waals surface area contributed by atoms with E-state index in [2.05, 4.69) is 5.32 Å². The first-order valence-corrected chi connectivity index (χ1v) is 9.40. The third-order valence-electron chi connectivity index (χ3n) is 3.13. The van der Waals surface area contributed by atoms with E-state index in [1.165, 1.54) is 21.9 Å². The SMILES string of the molecule is CCN(CCCNCc1cc(C(=O)O)sc1C)S(C)(=O)=O. The minimum Gasteiger partial charge on any atom is -0.477 e. The maximum atomic E-state index is 11.4. The van der Waals surface area contributed by atoms with Crippen molar-refractivity contribution in [3.05, 3.63) is 21.4 Å². The summed E-state index contributed by atoms with van der Waals surface area (Å²) >= 11 is 1.27. The van der Waals surface area contributed by atoms with Crippen LogP contribution in [0.5, 0.6) is 0 Å². The van der Waals surface area contributed by atoms with Crippen molar-refractivity contribution in [2.75, 3.05) is 25.9 Å². The summed E-state index contributed by atoms with van der Waals surface area (Å²) in [6, 6.07) is 1.68. The molecule has 0 radical (unpaired) electrons. The second-order valence-corrected chi connectivity index (χ2v) is 8.02. The van der Waals surface area contributed by atoms with Gasteiger partial charge in [-0.3, -0.25) is 0 Å². The fourth-order valence-electron chi connectivity index (χ4n) is 1.96. The maximum absolute atomic E-state index is 11.4. The zero-order valence-electron chi connectivity index (χ0n) is 12.5. The summed E-state index contributed by atoms with van der Waals surface area (Å²) in [7, 11) is -3.13. The van der Waals surface area contributed by atoms with Gasteiger partial charge in [0.2, 0.25) is 10.0 Å². The van der Waals surface area contributed by atoms with Gasteiger partial charge in [0.25, 0.3) is 0 Å². The first kappa shape index (κ1) is 18.1. The third kappa shape index (κ3) is 5.74. The number of aryl methyl sites for hydroxylation is 1. The lowest BCUT2D eigenvalue weighted by atomic mass is 10.2. The highest BCUT2D eigenvalue weighted by Gasteiger charge is 2.13. The topological polar surface area (TPSA) is 86.7 Å². The molecular formula is C13H22N2O4S2. The van der Waals surface area contributed by atoms with Gasteiger partial charge in [0.1, 0.15) is 4.88 Å². The van der Waals surface area contributed by atoms with E-state index >= 15 is 0 Å². The monoisotopic (exact) mass is 334 g/mol. The molecule has 0 bridgehead atoms. The molecule has 0 spiro atoms. The minimum absolute atomic E-state index is 0.346. The fourth-order valence-corrected chi connectivity index (χ4v) is 3.77. The normalized spacial score (nSPS) is 12.0. The highest BCUT2D eigenvalue weighted by Crippen LogP contribution is 2.21. The zero-order valence-corrected chi connectivity index (χ0v) is 14.2. The molecule has 0 aliphatic rings. The molecule has 8 heteroatoms. The molecule has 0 aromatic carbocycles. The molecule has 6 nitrogen and oxygen atoms in total. The predicted molar refractivity (Wildman–Crippen MR) is 84.4 cm³/mol. The van der Waals surface area contributed by atoms with Crippen molar-refractivity contribution in [3.8, 4) is 0 Å². The number of sulfonamides is 1. The highest BCUT2D eigenvalue weighted by atomic mass is 32.2. The van der Waals surface area contributed by atoms with Gasteiger partial charge in [0.05, 0.1) is 6.26 Å². The van der Waals surface area contributed by atoms with Crippen LogP contribution in [-0.2, 0) is 16.6 Å². The Bertz CT molecular complexity index is 581. The van der Waals surface area contributed by atoms with E-state index in [9.17, 15) is 13.2 Å². The maximum Gasteiger partial charge on any atom is 0.345 e. The molecule has 0 fully saturated rings. The molecule has 2 N–H and O–H groups in total. The number of nitrogens with one attached hydrogen (secondary N) is 1. The van der Waals surface area contributed by atoms with Crippen molar-refractivity contribution in [1.82, 2.24) is 9.62 Å². The van der Waals surface area contributed by atoms with Gasteiger partial charge < -0.3 is 10.4 Å². The van der Waals surface area contributed by atoms with Crippen molar-refractivity contribution >= 4 is 27.3 Å². The summed E-state index contributed by atoms with van der Waals surface area (Å²) in [6.45, 7) is 5.97. The number of rotatable bonds is 9. The van der Waals surface area contributed by atoms with E-state index < -0.39 is 16.0 Å². The predicted octanol–water partition coefficient (Wildman–Crippen LogP) is 1.52. The molecule has 1 aromatic heterocycles. The lowest BCUT2D eigenvalue weighted by molar-refractivity contribution is 0.0702. The van der Waals surface area contributed by atoms with E-state index in [-0.39, 0.29) is 0 Å². The van der Waals surface area contributed by atoms with Crippen molar-refractivity contribution in [2.24, 2.45) is 0 Å². The number of nitrogens with zero attached hydrogens (tertiary/aromatic N) is 1. The zero-order chi connectivity index (χ0) is 16.0. The van der Waals surface area contributed by atoms with Crippen molar-refractivity contribution in [3.63, 3.8) is 0 Å². The van der Waals surface area contributed by atoms with Gasteiger partial charge in [-0.2, -0.15) is 0 Å². The van der Waals surface area contributed by atoms with Gasteiger partial charge in [-0.1, -0.05) is 6.92 Å². The van der Waals surface area contributed by atoms with Crippen molar-refractivity contribution < 1.29 is 18.3 Å². The summed E-state index contributed by atoms with van der Waals surface area (Å²) in [4.78, 5) is 12.2. The minimum atomic E-state index is -3.13. The van der Waals surface area contributed by atoms with Gasteiger partial charge in [0.15, 0.2) is 0 Å². The van der Waals surface area contributed by atoms with Crippen molar-refractivity contribution in [1.29, 1.82) is 0 Å². The first-order valence-electron chi connectivity index (χ1n) is 6.74. The average Bonchev–Trinajstić information content (AvgIpc) is 2.74. The fraction of sp³-hybridized carbons (Fsp3) is 0.615. The van der Waals surface area contributed by atoms with Crippen LogP contribution in [0.2, 0.25) is 0 Å². The van der Waals surface area contributed by atoms with Crippen LogP contribution >= 0.6 is 11.3 Å². The summed E-state index contributed by atoms with van der Waals surface area (Å²) in [6.07, 6.45) is 1.93. The van der Waals surface area contributed by atoms with Gasteiger partial charge in [0, 0.05) is 24.5 Å². The standard InChI is InChI=1S/C13H22N2O4S2/c1-4-15(21(3,18)19)7-5-6-14-9-11-8-12(13(16)17)20-10(11)2/h8,14H,4-7,9H2,1-3H3,(H,16,17). The molecule has 1 heterocycles. The van der Waals surface area contributed by atoms with Crippen molar-refractivity contribution in [2.45, 2.75) is 26.8 Å². The van der Waals surface area contributed by atoms with Crippen LogP contribution in [0.1, 0.15) is 33.5 Å². The average molecular weight is 334 g/mol. The van der Waals surface area contributed by atoms with Crippen LogP contribution < -0.4 is 5.32 Å². The van der Waals surface area contributed by atoms with Crippen LogP contribution in [0.3, 0.4) is 0 Å². The molecule has 0 aliphatic carbocycles. The summed E-state index contributed by atoms with van der Waals surface area (Å²) in [5.74, 6) is -0.902. The number of carboxylic acids is 1. The molecule has 0 saturated heterocycles. The molecule has 21 heavy (non-hydrogen) atoms. The number of thiophene rings is 1. The second-order valence-electron chi connectivity index (χ2n) is 4.78. The second kappa shape index (κ2) is 7.88.